The second kappa shape index (κ2) is 9.42. The summed E-state index contributed by atoms with van der Waals surface area (Å²) in [4.78, 5) is 27.0. The molecular weight excluding hydrogens is 484 g/mol. The number of nitrogens with zero attached hydrogens (tertiary/aromatic N) is 5. The SMILES string of the molecule is O=C(CC1CC[C@H]2CC[C@@H]1N2Cc1c(F)cccc1F)N1CCC2=C(C1)C(c1ccc3nccn3c1)=NC2. The summed E-state index contributed by atoms with van der Waals surface area (Å²) in [6, 6.07) is 8.68. The van der Waals surface area contributed by atoms with Crippen LogP contribution in [0.15, 0.2) is 65.1 Å². The first-order chi connectivity index (χ1) is 18.5. The van der Waals surface area contributed by atoms with E-state index in [1.807, 2.05) is 21.6 Å². The highest BCUT2D eigenvalue weighted by atomic mass is 19.1. The van der Waals surface area contributed by atoms with Gasteiger partial charge in [0.25, 0.3) is 0 Å². The number of pyridine rings is 1. The Morgan fingerprint density at radius 3 is 2.76 bits per heavy atom. The van der Waals surface area contributed by atoms with E-state index in [2.05, 4.69) is 22.1 Å². The number of imidazole rings is 1. The number of halogens is 2. The van der Waals surface area contributed by atoms with Crippen molar-refractivity contribution in [3.8, 4) is 0 Å². The first-order valence-electron chi connectivity index (χ1n) is 13.7. The normalized spacial score (nSPS) is 25.3. The van der Waals surface area contributed by atoms with Gasteiger partial charge in [0.15, 0.2) is 0 Å². The van der Waals surface area contributed by atoms with Crippen molar-refractivity contribution < 1.29 is 13.6 Å². The molecule has 6 heterocycles. The molecule has 0 aliphatic carbocycles. The topological polar surface area (TPSA) is 53.2 Å². The summed E-state index contributed by atoms with van der Waals surface area (Å²) in [5, 5.41) is 0. The molecule has 3 atom stereocenters. The lowest BCUT2D eigenvalue weighted by Gasteiger charge is -2.41. The zero-order chi connectivity index (χ0) is 25.8. The van der Waals surface area contributed by atoms with Crippen molar-refractivity contribution in [3.63, 3.8) is 0 Å². The Kier molecular flexibility index (Phi) is 5.87. The minimum atomic E-state index is -0.485. The molecule has 6 nitrogen and oxygen atoms in total. The maximum Gasteiger partial charge on any atom is 0.223 e. The predicted octanol–water partition coefficient (Wildman–Crippen LogP) is 4.78. The maximum absolute atomic E-state index is 14.4. The van der Waals surface area contributed by atoms with Gasteiger partial charge >= 0.3 is 0 Å². The van der Waals surface area contributed by atoms with Crippen LogP contribution in [-0.4, -0.2) is 62.5 Å². The van der Waals surface area contributed by atoms with Gasteiger partial charge in [-0.25, -0.2) is 13.8 Å². The molecule has 4 aliphatic rings. The molecule has 0 radical (unpaired) electrons. The van der Waals surface area contributed by atoms with Crippen LogP contribution in [0.2, 0.25) is 0 Å². The van der Waals surface area contributed by atoms with Crippen LogP contribution in [0.5, 0.6) is 0 Å². The lowest BCUT2D eigenvalue weighted by Crippen LogP contribution is -2.47. The molecule has 2 saturated heterocycles. The highest BCUT2D eigenvalue weighted by Crippen LogP contribution is 2.42. The number of hydrogen-bond acceptors (Lipinski definition) is 4. The van der Waals surface area contributed by atoms with Gasteiger partial charge in [-0.15, -0.1) is 0 Å². The summed E-state index contributed by atoms with van der Waals surface area (Å²) in [5.41, 5.74) is 5.61. The molecule has 196 valence electrons. The molecule has 1 aromatic carbocycles. The standard InChI is InChI=1S/C30H31F2N5O/c31-25-2-1-3-26(32)24(25)18-37-22-6-4-19(27(37)8-7-22)14-29(38)36-12-10-20-15-34-30(23(20)17-36)21-5-9-28-33-11-13-35(28)16-21/h1-3,5,9,11,13,16,19,22,27H,4,6-8,10,12,14-15,17-18H2/t19?,22-,27-/m0/s1. The van der Waals surface area contributed by atoms with Crippen LogP contribution in [0.3, 0.4) is 0 Å². The molecule has 0 N–H and O–H groups in total. The Balaban J connectivity index is 1.05. The molecule has 38 heavy (non-hydrogen) atoms. The molecule has 4 aliphatic heterocycles. The maximum atomic E-state index is 14.4. The lowest BCUT2D eigenvalue weighted by molar-refractivity contribution is -0.133. The highest BCUT2D eigenvalue weighted by Gasteiger charge is 2.43. The van der Waals surface area contributed by atoms with Crippen LogP contribution < -0.4 is 0 Å². The number of piperidine rings is 1. The number of benzene rings is 1. The smallest absolute Gasteiger partial charge is 0.223 e. The Bertz CT molecular complexity index is 1460. The largest absolute Gasteiger partial charge is 0.338 e. The molecule has 3 aromatic rings. The van der Waals surface area contributed by atoms with Gasteiger partial charge < -0.3 is 9.30 Å². The van der Waals surface area contributed by atoms with E-state index in [-0.39, 0.29) is 30.0 Å². The molecule has 1 unspecified atom stereocenters. The van der Waals surface area contributed by atoms with Gasteiger partial charge in [-0.1, -0.05) is 6.07 Å². The van der Waals surface area contributed by atoms with E-state index in [4.69, 9.17) is 4.99 Å². The Morgan fingerprint density at radius 1 is 1.05 bits per heavy atom. The number of hydrogen-bond donors (Lipinski definition) is 0. The van der Waals surface area contributed by atoms with Crippen molar-refractivity contribution in [2.45, 2.75) is 57.2 Å². The van der Waals surface area contributed by atoms with Crippen molar-refractivity contribution in [2.75, 3.05) is 19.6 Å². The van der Waals surface area contributed by atoms with Crippen LogP contribution in [0.1, 0.15) is 49.7 Å². The number of fused-ring (bicyclic) bond motifs is 3. The van der Waals surface area contributed by atoms with Crippen molar-refractivity contribution in [1.82, 2.24) is 19.2 Å². The molecule has 0 saturated carbocycles. The Labute approximate surface area is 220 Å². The van der Waals surface area contributed by atoms with Gasteiger partial charge in [-0.3, -0.25) is 14.7 Å². The summed E-state index contributed by atoms with van der Waals surface area (Å²) < 4.78 is 30.8. The average Bonchev–Trinajstić information content (AvgIpc) is 3.63. The second-order valence-electron chi connectivity index (χ2n) is 11.1. The minimum absolute atomic E-state index is 0.147. The Morgan fingerprint density at radius 2 is 1.89 bits per heavy atom. The van der Waals surface area contributed by atoms with Gasteiger partial charge in [-0.2, -0.15) is 0 Å². The fourth-order valence-corrected chi connectivity index (χ4v) is 7.11. The summed E-state index contributed by atoms with van der Waals surface area (Å²) in [6.45, 7) is 2.31. The molecule has 7 rings (SSSR count). The number of aliphatic imine (C=N–C) groups is 1. The van der Waals surface area contributed by atoms with E-state index < -0.39 is 11.6 Å². The number of carbonyl (C=O) groups excluding carboxylic acids is 1. The van der Waals surface area contributed by atoms with Crippen molar-refractivity contribution in [3.05, 3.63) is 82.8 Å². The van der Waals surface area contributed by atoms with Gasteiger partial charge in [0, 0.05) is 67.9 Å². The highest BCUT2D eigenvalue weighted by molar-refractivity contribution is 6.15. The second-order valence-corrected chi connectivity index (χ2v) is 11.1. The third kappa shape index (κ3) is 4.06. The summed E-state index contributed by atoms with van der Waals surface area (Å²) in [7, 11) is 0. The van der Waals surface area contributed by atoms with Crippen LogP contribution in [0.25, 0.3) is 5.65 Å². The van der Waals surface area contributed by atoms with Gasteiger partial charge in [0.1, 0.15) is 17.3 Å². The van der Waals surface area contributed by atoms with E-state index >= 15 is 0 Å². The quantitative estimate of drug-likeness (QED) is 0.492. The number of carbonyl (C=O) groups is 1. The van der Waals surface area contributed by atoms with Crippen LogP contribution >= 0.6 is 0 Å². The molecule has 8 heteroatoms. The van der Waals surface area contributed by atoms with E-state index in [9.17, 15) is 13.6 Å². The lowest BCUT2D eigenvalue weighted by atomic mass is 9.86. The molecular formula is C30H31F2N5O. The molecule has 0 spiro atoms. The molecule has 2 bridgehead atoms. The first kappa shape index (κ1) is 23.7. The van der Waals surface area contributed by atoms with E-state index in [0.717, 1.165) is 55.6 Å². The van der Waals surface area contributed by atoms with Gasteiger partial charge in [0.05, 0.1) is 12.3 Å². The summed E-state index contributed by atoms with van der Waals surface area (Å²) in [5.74, 6) is -0.575. The fourth-order valence-electron chi connectivity index (χ4n) is 7.11. The van der Waals surface area contributed by atoms with Crippen LogP contribution in [0, 0.1) is 17.6 Å². The summed E-state index contributed by atoms with van der Waals surface area (Å²) in [6.07, 6.45) is 11.1. The van der Waals surface area contributed by atoms with Crippen LogP contribution in [-0.2, 0) is 11.3 Å². The van der Waals surface area contributed by atoms with E-state index in [1.165, 1.54) is 29.3 Å². The number of amides is 1. The van der Waals surface area contributed by atoms with Crippen molar-refractivity contribution >= 4 is 17.3 Å². The third-order valence-electron chi connectivity index (χ3n) is 9.13. The minimum Gasteiger partial charge on any atom is -0.338 e. The Hall–Kier alpha value is -3.39. The monoisotopic (exact) mass is 515 g/mol. The van der Waals surface area contributed by atoms with Gasteiger partial charge in [0.2, 0.25) is 5.91 Å². The van der Waals surface area contributed by atoms with Crippen LogP contribution in [0.4, 0.5) is 8.78 Å². The zero-order valence-electron chi connectivity index (χ0n) is 21.3. The van der Waals surface area contributed by atoms with Crippen molar-refractivity contribution in [2.24, 2.45) is 10.9 Å². The van der Waals surface area contributed by atoms with E-state index in [1.54, 1.807) is 6.20 Å². The first-order valence-corrected chi connectivity index (χ1v) is 13.7. The summed E-state index contributed by atoms with van der Waals surface area (Å²) >= 11 is 0. The van der Waals surface area contributed by atoms with Crippen molar-refractivity contribution in [1.29, 1.82) is 0 Å². The molecule has 1 amide bonds. The fraction of sp³-hybridized carbons (Fsp3) is 0.433. The molecule has 2 aromatic heterocycles. The average molecular weight is 516 g/mol. The predicted molar refractivity (Wildman–Crippen MR) is 141 cm³/mol. The van der Waals surface area contributed by atoms with Gasteiger partial charge in [-0.05, 0) is 73.4 Å². The number of aromatic nitrogens is 2. The third-order valence-corrected chi connectivity index (χ3v) is 9.13. The van der Waals surface area contributed by atoms with E-state index in [0.29, 0.717) is 25.6 Å². The number of rotatable bonds is 5. The zero-order valence-corrected chi connectivity index (χ0v) is 21.3. The molecule has 2 fully saturated rings.